The molecule has 1 aliphatic heterocycles. The number of ketones is 1. The van der Waals surface area contributed by atoms with E-state index in [2.05, 4.69) is 17.4 Å². The van der Waals surface area contributed by atoms with Crippen molar-refractivity contribution in [3.05, 3.63) is 35.4 Å². The van der Waals surface area contributed by atoms with Gasteiger partial charge in [0.05, 0.1) is 0 Å². The Kier molecular flexibility index (Phi) is 2.15. The minimum atomic E-state index is 0.244. The Bertz CT molecular complexity index is 333. The molecule has 2 nitrogen and oxygen atoms in total. The van der Waals surface area contributed by atoms with E-state index in [0.717, 1.165) is 6.54 Å². The van der Waals surface area contributed by atoms with Gasteiger partial charge < -0.3 is 5.32 Å². The van der Waals surface area contributed by atoms with Crippen molar-refractivity contribution >= 4 is 5.78 Å². The molecule has 1 aromatic carbocycles. The molecule has 0 bridgehead atoms. The zero-order chi connectivity index (χ0) is 9.26. The lowest BCUT2D eigenvalue weighted by Gasteiger charge is -2.08. The van der Waals surface area contributed by atoms with E-state index in [9.17, 15) is 4.79 Å². The van der Waals surface area contributed by atoms with Crippen LogP contribution in [0, 0.1) is 0 Å². The van der Waals surface area contributed by atoms with Crippen LogP contribution in [0.15, 0.2) is 24.3 Å². The van der Waals surface area contributed by atoms with Gasteiger partial charge in [0.15, 0.2) is 0 Å². The van der Waals surface area contributed by atoms with Crippen molar-refractivity contribution in [2.45, 2.75) is 25.9 Å². The molecule has 1 heterocycles. The summed E-state index contributed by atoms with van der Waals surface area (Å²) >= 11 is 0. The smallest absolute Gasteiger partial charge is 0.131 e. The second kappa shape index (κ2) is 3.30. The Hall–Kier alpha value is -1.15. The molecule has 1 atom stereocenters. The van der Waals surface area contributed by atoms with Crippen LogP contribution < -0.4 is 5.32 Å². The van der Waals surface area contributed by atoms with Crippen molar-refractivity contribution in [2.24, 2.45) is 0 Å². The van der Waals surface area contributed by atoms with Crippen LogP contribution in [-0.2, 0) is 11.3 Å². The minimum Gasteiger partial charge on any atom is -0.305 e. The first-order valence-electron chi connectivity index (χ1n) is 4.58. The summed E-state index contributed by atoms with van der Waals surface area (Å²) in [5.41, 5.74) is 2.62. The third-order valence-electron chi connectivity index (χ3n) is 2.46. The summed E-state index contributed by atoms with van der Waals surface area (Å²) in [6.45, 7) is 2.54. The highest BCUT2D eigenvalue weighted by atomic mass is 16.1. The molecule has 1 aliphatic rings. The van der Waals surface area contributed by atoms with Gasteiger partial charge in [-0.2, -0.15) is 0 Å². The summed E-state index contributed by atoms with van der Waals surface area (Å²) in [5, 5.41) is 3.33. The number of hydrogen-bond acceptors (Lipinski definition) is 2. The standard InChI is InChI=1S/C11H13NO/c1-8(13)6-11-10-5-3-2-4-9(10)7-12-11/h2-5,11-12H,6-7H2,1H3. The van der Waals surface area contributed by atoms with Gasteiger partial charge in [-0.3, -0.25) is 4.79 Å². The zero-order valence-electron chi connectivity index (χ0n) is 7.71. The van der Waals surface area contributed by atoms with Crippen LogP contribution >= 0.6 is 0 Å². The number of benzene rings is 1. The van der Waals surface area contributed by atoms with Crippen LogP contribution in [0.4, 0.5) is 0 Å². The molecule has 0 spiro atoms. The molecule has 0 aromatic heterocycles. The number of fused-ring (bicyclic) bond motifs is 1. The lowest BCUT2D eigenvalue weighted by atomic mass is 10.0. The molecule has 2 heteroatoms. The number of carbonyl (C=O) groups is 1. The highest BCUT2D eigenvalue weighted by Crippen LogP contribution is 2.27. The van der Waals surface area contributed by atoms with Crippen molar-refractivity contribution in [2.75, 3.05) is 0 Å². The number of Topliss-reactive ketones (excluding diaryl/α,β-unsaturated/α-hetero) is 1. The van der Waals surface area contributed by atoms with Gasteiger partial charge >= 0.3 is 0 Å². The zero-order valence-corrected chi connectivity index (χ0v) is 7.71. The largest absolute Gasteiger partial charge is 0.305 e. The number of hydrogen-bond donors (Lipinski definition) is 1. The first kappa shape index (κ1) is 8.45. The number of nitrogens with one attached hydrogen (secondary N) is 1. The molecule has 1 unspecified atom stereocenters. The minimum absolute atomic E-state index is 0.244. The second-order valence-corrected chi connectivity index (χ2v) is 3.54. The van der Waals surface area contributed by atoms with Gasteiger partial charge in [-0.15, -0.1) is 0 Å². The molecule has 2 rings (SSSR count). The van der Waals surface area contributed by atoms with Gasteiger partial charge in [-0.25, -0.2) is 0 Å². The van der Waals surface area contributed by atoms with Crippen LogP contribution in [0.5, 0.6) is 0 Å². The fourth-order valence-electron chi connectivity index (χ4n) is 1.85. The van der Waals surface area contributed by atoms with Crippen molar-refractivity contribution < 1.29 is 4.79 Å². The van der Waals surface area contributed by atoms with E-state index in [1.165, 1.54) is 11.1 Å². The molecule has 68 valence electrons. The van der Waals surface area contributed by atoms with Gasteiger partial charge in [0, 0.05) is 19.0 Å². The lowest BCUT2D eigenvalue weighted by molar-refractivity contribution is -0.117. The summed E-state index contributed by atoms with van der Waals surface area (Å²) in [7, 11) is 0. The van der Waals surface area contributed by atoms with Crippen LogP contribution in [0.25, 0.3) is 0 Å². The molecule has 0 amide bonds. The SMILES string of the molecule is CC(=O)CC1NCc2ccccc21. The Morgan fingerprint density at radius 3 is 3.08 bits per heavy atom. The van der Waals surface area contributed by atoms with Gasteiger partial charge in [0.2, 0.25) is 0 Å². The maximum atomic E-state index is 11.0. The maximum Gasteiger partial charge on any atom is 0.131 e. The van der Waals surface area contributed by atoms with Crippen LogP contribution in [0.2, 0.25) is 0 Å². The second-order valence-electron chi connectivity index (χ2n) is 3.54. The van der Waals surface area contributed by atoms with Gasteiger partial charge in [0.1, 0.15) is 5.78 Å². The van der Waals surface area contributed by atoms with E-state index >= 15 is 0 Å². The predicted molar refractivity (Wildman–Crippen MR) is 51.3 cm³/mol. The molecule has 0 fully saturated rings. The Balaban J connectivity index is 2.23. The van der Waals surface area contributed by atoms with E-state index in [4.69, 9.17) is 0 Å². The van der Waals surface area contributed by atoms with Gasteiger partial charge in [-0.05, 0) is 18.1 Å². The van der Waals surface area contributed by atoms with E-state index in [1.54, 1.807) is 6.92 Å². The summed E-state index contributed by atoms with van der Waals surface area (Å²) in [6, 6.07) is 8.52. The molecule has 0 radical (unpaired) electrons. The Labute approximate surface area is 78.0 Å². The molecule has 13 heavy (non-hydrogen) atoms. The van der Waals surface area contributed by atoms with Crippen LogP contribution in [0.1, 0.15) is 30.5 Å². The molecular weight excluding hydrogens is 162 g/mol. The van der Waals surface area contributed by atoms with Crippen molar-refractivity contribution in [1.29, 1.82) is 0 Å². The number of rotatable bonds is 2. The molecular formula is C11H13NO. The topological polar surface area (TPSA) is 29.1 Å². The van der Waals surface area contributed by atoms with Crippen molar-refractivity contribution in [3.8, 4) is 0 Å². The number of carbonyl (C=O) groups excluding carboxylic acids is 1. The molecule has 0 aliphatic carbocycles. The normalized spacial score (nSPS) is 19.9. The summed E-state index contributed by atoms with van der Waals surface area (Å²) < 4.78 is 0. The average molecular weight is 175 g/mol. The van der Waals surface area contributed by atoms with Gasteiger partial charge in [-0.1, -0.05) is 24.3 Å². The monoisotopic (exact) mass is 175 g/mol. The Morgan fingerprint density at radius 1 is 1.54 bits per heavy atom. The van der Waals surface area contributed by atoms with E-state index in [0.29, 0.717) is 6.42 Å². The van der Waals surface area contributed by atoms with Gasteiger partial charge in [0.25, 0.3) is 0 Å². The molecule has 1 aromatic rings. The third-order valence-corrected chi connectivity index (χ3v) is 2.46. The van der Waals surface area contributed by atoms with E-state index < -0.39 is 0 Å². The molecule has 1 N–H and O–H groups in total. The fraction of sp³-hybridized carbons (Fsp3) is 0.364. The summed E-state index contributed by atoms with van der Waals surface area (Å²) in [6.07, 6.45) is 0.608. The summed E-state index contributed by atoms with van der Waals surface area (Å²) in [5.74, 6) is 0.245. The first-order chi connectivity index (χ1) is 6.27. The van der Waals surface area contributed by atoms with Crippen molar-refractivity contribution in [3.63, 3.8) is 0 Å². The fourth-order valence-corrected chi connectivity index (χ4v) is 1.85. The Morgan fingerprint density at radius 2 is 2.31 bits per heavy atom. The lowest BCUT2D eigenvalue weighted by Crippen LogP contribution is -2.14. The van der Waals surface area contributed by atoms with E-state index in [-0.39, 0.29) is 11.8 Å². The highest BCUT2D eigenvalue weighted by Gasteiger charge is 2.21. The van der Waals surface area contributed by atoms with Crippen LogP contribution in [0.3, 0.4) is 0 Å². The predicted octanol–water partition coefficient (Wildman–Crippen LogP) is 1.81. The summed E-state index contributed by atoms with van der Waals surface area (Å²) in [4.78, 5) is 11.0. The van der Waals surface area contributed by atoms with E-state index in [1.807, 2.05) is 12.1 Å². The molecule has 0 saturated carbocycles. The highest BCUT2D eigenvalue weighted by molar-refractivity contribution is 5.76. The maximum absolute atomic E-state index is 11.0. The third kappa shape index (κ3) is 1.63. The molecule has 0 saturated heterocycles. The van der Waals surface area contributed by atoms with Crippen molar-refractivity contribution in [1.82, 2.24) is 5.32 Å². The van der Waals surface area contributed by atoms with Crippen LogP contribution in [-0.4, -0.2) is 5.78 Å². The average Bonchev–Trinajstić information content (AvgIpc) is 2.48. The quantitative estimate of drug-likeness (QED) is 0.742. The first-order valence-corrected chi connectivity index (χ1v) is 4.58.